The summed E-state index contributed by atoms with van der Waals surface area (Å²) in [4.78, 5) is 11.8. The van der Waals surface area contributed by atoms with E-state index in [1.165, 1.54) is 12.1 Å². The largest absolute Gasteiger partial charge is 0.508 e. The number of hydrogen-bond acceptors (Lipinski definition) is 6. The molecule has 6 nitrogen and oxygen atoms in total. The van der Waals surface area contributed by atoms with Crippen molar-refractivity contribution in [2.24, 2.45) is 0 Å². The number of aromatic hydroxyl groups is 1. The average molecular weight is 369 g/mol. The fraction of sp³-hybridized carbons (Fsp3) is 0.286. The van der Waals surface area contributed by atoms with Crippen LogP contribution in [0, 0.1) is 0 Å². The van der Waals surface area contributed by atoms with Gasteiger partial charge in [0.2, 0.25) is 0 Å². The molecule has 27 heavy (non-hydrogen) atoms. The van der Waals surface area contributed by atoms with Gasteiger partial charge >= 0.3 is 5.63 Å². The number of phenolic OH excluding ortho intramolecular Hbond substituents is 1. The van der Waals surface area contributed by atoms with Crippen LogP contribution in [0.2, 0.25) is 0 Å². The second kappa shape index (κ2) is 8.60. The van der Waals surface area contributed by atoms with Crippen LogP contribution in [0.5, 0.6) is 17.2 Å². The minimum atomic E-state index is -0.437. The van der Waals surface area contributed by atoms with Gasteiger partial charge in [-0.2, -0.15) is 0 Å². The Labute approximate surface area is 157 Å². The molecule has 0 radical (unpaired) electrons. The molecule has 0 fully saturated rings. The second-order valence-corrected chi connectivity index (χ2v) is 6.10. The fourth-order valence-corrected chi connectivity index (χ4v) is 2.93. The van der Waals surface area contributed by atoms with E-state index in [0.717, 1.165) is 16.5 Å². The Balaban J connectivity index is 1.65. The number of rotatable bonds is 8. The lowest BCUT2D eigenvalue weighted by molar-refractivity contribution is 0.292. The summed E-state index contributed by atoms with van der Waals surface area (Å²) < 4.78 is 16.2. The van der Waals surface area contributed by atoms with Crippen molar-refractivity contribution in [1.82, 2.24) is 5.32 Å². The SMILES string of the molecule is CCc1cc2c(CNCCOc3ccccc3OC)cc(=O)oc2cc1O. The van der Waals surface area contributed by atoms with Gasteiger partial charge in [0.15, 0.2) is 11.5 Å². The van der Waals surface area contributed by atoms with Crippen LogP contribution in [0.15, 0.2) is 51.7 Å². The van der Waals surface area contributed by atoms with E-state index in [9.17, 15) is 9.90 Å². The number of aryl methyl sites for hydroxylation is 1. The number of benzene rings is 2. The summed E-state index contributed by atoms with van der Waals surface area (Å²) in [6.45, 7) is 3.51. The van der Waals surface area contributed by atoms with E-state index in [1.54, 1.807) is 7.11 Å². The molecule has 0 saturated heterocycles. The predicted molar refractivity (Wildman–Crippen MR) is 104 cm³/mol. The smallest absolute Gasteiger partial charge is 0.336 e. The topological polar surface area (TPSA) is 80.9 Å². The maximum absolute atomic E-state index is 11.8. The minimum Gasteiger partial charge on any atom is -0.508 e. The highest BCUT2D eigenvalue weighted by atomic mass is 16.5. The van der Waals surface area contributed by atoms with Gasteiger partial charge in [-0.1, -0.05) is 19.1 Å². The Kier molecular flexibility index (Phi) is 5.98. The summed E-state index contributed by atoms with van der Waals surface area (Å²) in [6, 6.07) is 12.3. The van der Waals surface area contributed by atoms with Gasteiger partial charge in [-0.3, -0.25) is 0 Å². The van der Waals surface area contributed by atoms with Crippen LogP contribution in [-0.4, -0.2) is 25.4 Å². The van der Waals surface area contributed by atoms with Gasteiger partial charge in [-0.05, 0) is 35.7 Å². The van der Waals surface area contributed by atoms with Gasteiger partial charge in [-0.25, -0.2) is 4.79 Å². The van der Waals surface area contributed by atoms with E-state index in [4.69, 9.17) is 13.9 Å². The zero-order chi connectivity index (χ0) is 19.2. The number of nitrogens with one attached hydrogen (secondary N) is 1. The Bertz CT molecular complexity index is 980. The molecule has 1 aromatic heterocycles. The van der Waals surface area contributed by atoms with E-state index in [1.807, 2.05) is 37.3 Å². The average Bonchev–Trinajstić information content (AvgIpc) is 2.67. The van der Waals surface area contributed by atoms with Crippen molar-refractivity contribution in [3.63, 3.8) is 0 Å². The zero-order valence-corrected chi connectivity index (χ0v) is 15.5. The molecule has 2 aromatic carbocycles. The van der Waals surface area contributed by atoms with Gasteiger partial charge in [0.05, 0.1) is 7.11 Å². The maximum Gasteiger partial charge on any atom is 0.336 e. The predicted octanol–water partition coefficient (Wildman–Crippen LogP) is 3.24. The van der Waals surface area contributed by atoms with Crippen LogP contribution in [0.4, 0.5) is 0 Å². The van der Waals surface area contributed by atoms with Crippen molar-refractivity contribution in [2.75, 3.05) is 20.3 Å². The molecule has 0 aliphatic carbocycles. The lowest BCUT2D eigenvalue weighted by atomic mass is 10.0. The van der Waals surface area contributed by atoms with Gasteiger partial charge in [0.25, 0.3) is 0 Å². The molecule has 2 N–H and O–H groups in total. The minimum absolute atomic E-state index is 0.142. The van der Waals surface area contributed by atoms with Crippen molar-refractivity contribution < 1.29 is 19.0 Å². The van der Waals surface area contributed by atoms with E-state index in [2.05, 4.69) is 5.32 Å². The Morgan fingerprint density at radius 1 is 1.11 bits per heavy atom. The molecule has 142 valence electrons. The Hall–Kier alpha value is -2.99. The molecule has 0 amide bonds. The quantitative estimate of drug-likeness (QED) is 0.469. The lowest BCUT2D eigenvalue weighted by Gasteiger charge is -2.12. The molecule has 0 bridgehead atoms. The first-order chi connectivity index (χ1) is 13.1. The highest BCUT2D eigenvalue weighted by Gasteiger charge is 2.10. The molecule has 6 heteroatoms. The summed E-state index contributed by atoms with van der Waals surface area (Å²) in [5.74, 6) is 1.52. The molecule has 0 spiro atoms. The highest BCUT2D eigenvalue weighted by Crippen LogP contribution is 2.27. The van der Waals surface area contributed by atoms with E-state index < -0.39 is 5.63 Å². The van der Waals surface area contributed by atoms with E-state index in [0.29, 0.717) is 43.2 Å². The number of methoxy groups -OCH3 is 1. The first-order valence-corrected chi connectivity index (χ1v) is 8.87. The molecule has 3 aromatic rings. The molecule has 0 unspecified atom stereocenters. The molecule has 0 aliphatic heterocycles. The van der Waals surface area contributed by atoms with E-state index in [-0.39, 0.29) is 5.75 Å². The molecule has 3 rings (SSSR count). The first kappa shape index (κ1) is 18.8. The monoisotopic (exact) mass is 369 g/mol. The number of ether oxygens (including phenoxy) is 2. The molecule has 0 saturated carbocycles. The fourth-order valence-electron chi connectivity index (χ4n) is 2.93. The van der Waals surface area contributed by atoms with Crippen LogP contribution < -0.4 is 20.4 Å². The van der Waals surface area contributed by atoms with Gasteiger partial charge in [-0.15, -0.1) is 0 Å². The van der Waals surface area contributed by atoms with Crippen molar-refractivity contribution in [1.29, 1.82) is 0 Å². The Morgan fingerprint density at radius 2 is 1.89 bits per heavy atom. The summed E-state index contributed by atoms with van der Waals surface area (Å²) in [5.41, 5.74) is 1.60. The van der Waals surface area contributed by atoms with Gasteiger partial charge in [0.1, 0.15) is 17.9 Å². The summed E-state index contributed by atoms with van der Waals surface area (Å²) in [5, 5.41) is 14.1. The third-order valence-electron chi connectivity index (χ3n) is 4.33. The van der Waals surface area contributed by atoms with Gasteiger partial charge < -0.3 is 24.3 Å². The zero-order valence-electron chi connectivity index (χ0n) is 15.5. The van der Waals surface area contributed by atoms with Crippen molar-refractivity contribution >= 4 is 11.0 Å². The summed E-state index contributed by atoms with van der Waals surface area (Å²) in [6.07, 6.45) is 0.695. The standard InChI is InChI=1S/C21H23NO5/c1-3-14-10-16-15(11-21(24)27-20(16)12-17(14)23)13-22-8-9-26-19-7-5-4-6-18(19)25-2/h4-7,10-12,22-23H,3,8-9,13H2,1-2H3. The van der Waals surface area contributed by atoms with Crippen molar-refractivity contribution in [3.05, 3.63) is 64.0 Å². The second-order valence-electron chi connectivity index (χ2n) is 6.10. The lowest BCUT2D eigenvalue weighted by Crippen LogP contribution is -2.21. The Morgan fingerprint density at radius 3 is 2.63 bits per heavy atom. The highest BCUT2D eigenvalue weighted by molar-refractivity contribution is 5.82. The van der Waals surface area contributed by atoms with Crippen molar-refractivity contribution in [3.8, 4) is 17.2 Å². The number of fused-ring (bicyclic) bond motifs is 1. The summed E-state index contributed by atoms with van der Waals surface area (Å²) in [7, 11) is 1.61. The molecule has 0 atom stereocenters. The number of para-hydroxylation sites is 2. The normalized spacial score (nSPS) is 10.9. The molecule has 0 aliphatic rings. The molecule has 1 heterocycles. The first-order valence-electron chi connectivity index (χ1n) is 8.87. The van der Waals surface area contributed by atoms with E-state index >= 15 is 0 Å². The molecular weight excluding hydrogens is 346 g/mol. The summed E-state index contributed by atoms with van der Waals surface area (Å²) >= 11 is 0. The van der Waals surface area contributed by atoms with Crippen LogP contribution in [-0.2, 0) is 13.0 Å². The van der Waals surface area contributed by atoms with Crippen molar-refractivity contribution in [2.45, 2.75) is 19.9 Å². The molecular formula is C21H23NO5. The van der Waals surface area contributed by atoms with Crippen LogP contribution in [0.3, 0.4) is 0 Å². The third-order valence-corrected chi connectivity index (χ3v) is 4.33. The maximum atomic E-state index is 11.8. The van der Waals surface area contributed by atoms with Crippen LogP contribution in [0.1, 0.15) is 18.1 Å². The number of phenols is 1. The number of hydrogen-bond donors (Lipinski definition) is 2. The third kappa shape index (κ3) is 4.41. The van der Waals surface area contributed by atoms with Crippen LogP contribution in [0.25, 0.3) is 11.0 Å². The van der Waals surface area contributed by atoms with Gasteiger partial charge in [0, 0.05) is 30.6 Å². The van der Waals surface area contributed by atoms with Crippen LogP contribution >= 0.6 is 0 Å².